The van der Waals surface area contributed by atoms with E-state index in [0.29, 0.717) is 6.42 Å². The minimum absolute atomic E-state index is 0.173. The molecule has 0 radical (unpaired) electrons. The zero-order valence-electron chi connectivity index (χ0n) is 5.49. The number of carbonyl (C=O) groups is 2. The van der Waals surface area contributed by atoms with E-state index in [9.17, 15) is 9.59 Å². The Hall–Kier alpha value is -1.26. The van der Waals surface area contributed by atoms with Crippen LogP contribution in [0.1, 0.15) is 13.3 Å². The number of ether oxygens (including phenoxy) is 2. The molecule has 5 nitrogen and oxygen atoms in total. The third kappa shape index (κ3) is 4.89. The van der Waals surface area contributed by atoms with Gasteiger partial charge in [-0.05, 0) is 6.42 Å². The van der Waals surface area contributed by atoms with Crippen molar-refractivity contribution in [3.63, 3.8) is 0 Å². The third-order valence-corrected chi connectivity index (χ3v) is 0.595. The first-order chi connectivity index (χ1) is 4.66. The Labute approximate surface area is 57.5 Å². The normalized spacial score (nSPS) is 8.50. The van der Waals surface area contributed by atoms with Gasteiger partial charge in [0.15, 0.2) is 0 Å². The SMILES string of the molecule is CCCOC(=O)OC(=O)O. The fourth-order valence-electron chi connectivity index (χ4n) is 0.286. The van der Waals surface area contributed by atoms with Crippen molar-refractivity contribution in [2.75, 3.05) is 6.61 Å². The van der Waals surface area contributed by atoms with Crippen LogP contribution in [0.3, 0.4) is 0 Å². The molecule has 58 valence electrons. The van der Waals surface area contributed by atoms with Gasteiger partial charge in [-0.3, -0.25) is 0 Å². The molecule has 0 saturated carbocycles. The largest absolute Gasteiger partial charge is 0.518 e. The monoisotopic (exact) mass is 148 g/mol. The molecule has 0 aromatic carbocycles. The Bertz CT molecular complexity index is 130. The number of carboxylic acid groups (broad SMARTS) is 1. The van der Waals surface area contributed by atoms with Gasteiger partial charge >= 0.3 is 12.3 Å². The summed E-state index contributed by atoms with van der Waals surface area (Å²) in [6.07, 6.45) is -2.19. The quantitative estimate of drug-likeness (QED) is 0.471. The number of hydrogen-bond donors (Lipinski definition) is 1. The van der Waals surface area contributed by atoms with E-state index >= 15 is 0 Å². The molecule has 0 aliphatic heterocycles. The van der Waals surface area contributed by atoms with Crippen molar-refractivity contribution in [1.82, 2.24) is 0 Å². The van der Waals surface area contributed by atoms with Crippen LogP contribution in [0, 0.1) is 0 Å². The first-order valence-electron chi connectivity index (χ1n) is 2.74. The standard InChI is InChI=1S/C5H8O5/c1-2-3-9-5(8)10-4(6)7/h2-3H2,1H3,(H,6,7). The van der Waals surface area contributed by atoms with E-state index in [2.05, 4.69) is 9.47 Å². The van der Waals surface area contributed by atoms with Crippen LogP contribution in [0.4, 0.5) is 9.59 Å². The summed E-state index contributed by atoms with van der Waals surface area (Å²) in [5, 5.41) is 7.86. The lowest BCUT2D eigenvalue weighted by molar-refractivity contribution is 0.0547. The summed E-state index contributed by atoms with van der Waals surface area (Å²) >= 11 is 0. The van der Waals surface area contributed by atoms with E-state index in [1.54, 1.807) is 6.92 Å². The summed E-state index contributed by atoms with van der Waals surface area (Å²) in [6.45, 7) is 1.96. The van der Waals surface area contributed by atoms with Crippen LogP contribution in [0.5, 0.6) is 0 Å². The van der Waals surface area contributed by atoms with E-state index < -0.39 is 12.3 Å². The number of hydrogen-bond acceptors (Lipinski definition) is 4. The molecular formula is C5H8O5. The highest BCUT2D eigenvalue weighted by Crippen LogP contribution is 1.87. The van der Waals surface area contributed by atoms with Gasteiger partial charge in [0, 0.05) is 0 Å². The lowest BCUT2D eigenvalue weighted by atomic mass is 10.5. The van der Waals surface area contributed by atoms with Crippen molar-refractivity contribution in [3.8, 4) is 0 Å². The summed E-state index contributed by atoms with van der Waals surface area (Å²) in [5.41, 5.74) is 0. The molecule has 0 saturated heterocycles. The number of carbonyl (C=O) groups excluding carboxylic acids is 1. The summed E-state index contributed by atoms with van der Waals surface area (Å²) in [4.78, 5) is 19.8. The maximum absolute atomic E-state index is 10.2. The molecule has 5 heteroatoms. The molecule has 0 bridgehead atoms. The van der Waals surface area contributed by atoms with Crippen LogP contribution >= 0.6 is 0 Å². The Morgan fingerprint density at radius 3 is 2.50 bits per heavy atom. The third-order valence-electron chi connectivity index (χ3n) is 0.595. The smallest absolute Gasteiger partial charge is 0.449 e. The number of rotatable bonds is 2. The highest BCUT2D eigenvalue weighted by Gasteiger charge is 2.07. The minimum Gasteiger partial charge on any atom is -0.449 e. The predicted octanol–water partition coefficient (Wildman–Crippen LogP) is 1.23. The second kappa shape index (κ2) is 4.60. The Morgan fingerprint density at radius 2 is 2.10 bits per heavy atom. The zero-order chi connectivity index (χ0) is 7.98. The van der Waals surface area contributed by atoms with Crippen molar-refractivity contribution in [1.29, 1.82) is 0 Å². The molecule has 10 heavy (non-hydrogen) atoms. The van der Waals surface area contributed by atoms with Gasteiger partial charge in [-0.1, -0.05) is 6.92 Å². The second-order valence-corrected chi connectivity index (χ2v) is 1.47. The van der Waals surface area contributed by atoms with Crippen LogP contribution in [-0.2, 0) is 9.47 Å². The first kappa shape index (κ1) is 8.74. The minimum atomic E-state index is -1.65. The average Bonchev–Trinajstić information content (AvgIpc) is 1.82. The van der Waals surface area contributed by atoms with Gasteiger partial charge in [0.25, 0.3) is 0 Å². The summed E-state index contributed by atoms with van der Waals surface area (Å²) < 4.78 is 7.87. The second-order valence-electron chi connectivity index (χ2n) is 1.47. The molecule has 0 rings (SSSR count). The first-order valence-corrected chi connectivity index (χ1v) is 2.74. The molecule has 0 unspecified atom stereocenters. The topological polar surface area (TPSA) is 72.8 Å². The van der Waals surface area contributed by atoms with Gasteiger partial charge < -0.3 is 14.6 Å². The molecule has 0 spiro atoms. The summed E-state index contributed by atoms with van der Waals surface area (Å²) in [7, 11) is 0. The Kier molecular flexibility index (Phi) is 4.02. The molecule has 0 aliphatic carbocycles. The predicted molar refractivity (Wildman–Crippen MR) is 30.7 cm³/mol. The molecule has 0 atom stereocenters. The molecule has 0 aliphatic rings. The lowest BCUT2D eigenvalue weighted by Crippen LogP contribution is -2.11. The van der Waals surface area contributed by atoms with Gasteiger partial charge in [0.1, 0.15) is 0 Å². The van der Waals surface area contributed by atoms with Gasteiger partial charge in [0.05, 0.1) is 6.61 Å². The highest BCUT2D eigenvalue weighted by atomic mass is 16.8. The lowest BCUT2D eigenvalue weighted by Gasteiger charge is -1.98. The molecule has 0 heterocycles. The van der Waals surface area contributed by atoms with Crippen molar-refractivity contribution in [2.45, 2.75) is 13.3 Å². The highest BCUT2D eigenvalue weighted by molar-refractivity contribution is 5.75. The average molecular weight is 148 g/mol. The van der Waals surface area contributed by atoms with E-state index in [0.717, 1.165) is 0 Å². The molecule has 0 amide bonds. The summed E-state index contributed by atoms with van der Waals surface area (Å²) in [5.74, 6) is 0. The van der Waals surface area contributed by atoms with Crippen LogP contribution in [0.15, 0.2) is 0 Å². The van der Waals surface area contributed by atoms with E-state index in [-0.39, 0.29) is 6.61 Å². The van der Waals surface area contributed by atoms with Crippen molar-refractivity contribution in [3.05, 3.63) is 0 Å². The van der Waals surface area contributed by atoms with Crippen LogP contribution in [0.2, 0.25) is 0 Å². The summed E-state index contributed by atoms with van der Waals surface area (Å²) in [6, 6.07) is 0. The fraction of sp³-hybridized carbons (Fsp3) is 0.600. The molecule has 0 fully saturated rings. The molecular weight excluding hydrogens is 140 g/mol. The molecule has 1 N–H and O–H groups in total. The fourth-order valence-corrected chi connectivity index (χ4v) is 0.286. The zero-order valence-corrected chi connectivity index (χ0v) is 5.49. The van der Waals surface area contributed by atoms with Crippen LogP contribution < -0.4 is 0 Å². The maximum atomic E-state index is 10.2. The van der Waals surface area contributed by atoms with E-state index in [1.165, 1.54) is 0 Å². The Morgan fingerprint density at radius 1 is 1.50 bits per heavy atom. The molecule has 0 aromatic rings. The van der Waals surface area contributed by atoms with Crippen molar-refractivity contribution in [2.24, 2.45) is 0 Å². The van der Waals surface area contributed by atoms with E-state index in [1.807, 2.05) is 0 Å². The van der Waals surface area contributed by atoms with Gasteiger partial charge in [-0.2, -0.15) is 0 Å². The van der Waals surface area contributed by atoms with Gasteiger partial charge in [-0.25, -0.2) is 9.59 Å². The Balaban J connectivity index is 3.35. The van der Waals surface area contributed by atoms with Crippen molar-refractivity contribution < 1.29 is 24.2 Å². The molecule has 0 aromatic heterocycles. The van der Waals surface area contributed by atoms with Gasteiger partial charge in [0.2, 0.25) is 0 Å². The van der Waals surface area contributed by atoms with Gasteiger partial charge in [-0.15, -0.1) is 0 Å². The van der Waals surface area contributed by atoms with Crippen molar-refractivity contribution >= 4 is 12.3 Å². The van der Waals surface area contributed by atoms with E-state index in [4.69, 9.17) is 5.11 Å². The van der Waals surface area contributed by atoms with Crippen LogP contribution in [0.25, 0.3) is 0 Å². The van der Waals surface area contributed by atoms with Crippen LogP contribution in [-0.4, -0.2) is 24.0 Å². The maximum Gasteiger partial charge on any atom is 0.518 e.